The number of carbonyl (C=O) groups is 1. The molecule has 1 heterocycles. The smallest absolute Gasteiger partial charge is 0.125 e. The van der Waals surface area contributed by atoms with Gasteiger partial charge in [-0.1, -0.05) is 6.92 Å². The molecule has 0 atom stereocenters. The summed E-state index contributed by atoms with van der Waals surface area (Å²) in [4.78, 5) is 12.3. The number of hydrogen-bond acceptors (Lipinski definition) is 2. The molecule has 8 heavy (non-hydrogen) atoms. The SMILES string of the molecule is CCN1CC(C=O)C1. The summed E-state index contributed by atoms with van der Waals surface area (Å²) in [5.74, 6) is 0.343. The molecule has 46 valence electrons. The molecule has 1 rings (SSSR count). The van der Waals surface area contributed by atoms with Gasteiger partial charge in [0.05, 0.1) is 0 Å². The van der Waals surface area contributed by atoms with Crippen molar-refractivity contribution >= 4 is 6.29 Å². The van der Waals surface area contributed by atoms with Crippen molar-refractivity contribution in [3.05, 3.63) is 0 Å². The molecule has 0 radical (unpaired) electrons. The molecule has 0 spiro atoms. The van der Waals surface area contributed by atoms with Gasteiger partial charge in [0, 0.05) is 19.0 Å². The van der Waals surface area contributed by atoms with Crippen molar-refractivity contribution in [2.24, 2.45) is 5.92 Å². The Labute approximate surface area is 49.5 Å². The van der Waals surface area contributed by atoms with E-state index in [1.807, 2.05) is 0 Å². The van der Waals surface area contributed by atoms with Crippen molar-refractivity contribution < 1.29 is 4.79 Å². The summed E-state index contributed by atoms with van der Waals surface area (Å²) >= 11 is 0. The maximum Gasteiger partial charge on any atom is 0.125 e. The molecule has 1 aliphatic heterocycles. The molecule has 0 bridgehead atoms. The molecule has 2 nitrogen and oxygen atoms in total. The van der Waals surface area contributed by atoms with Crippen molar-refractivity contribution in [1.82, 2.24) is 4.90 Å². The Kier molecular flexibility index (Phi) is 1.63. The van der Waals surface area contributed by atoms with Crippen LogP contribution in [0, 0.1) is 5.92 Å². The summed E-state index contributed by atoms with van der Waals surface area (Å²) < 4.78 is 0. The van der Waals surface area contributed by atoms with E-state index in [9.17, 15) is 4.79 Å². The molecule has 0 saturated carbocycles. The van der Waals surface area contributed by atoms with Gasteiger partial charge in [0.2, 0.25) is 0 Å². The van der Waals surface area contributed by atoms with Crippen LogP contribution < -0.4 is 0 Å². The van der Waals surface area contributed by atoms with Gasteiger partial charge in [-0.25, -0.2) is 0 Å². The predicted molar refractivity (Wildman–Crippen MR) is 31.7 cm³/mol. The van der Waals surface area contributed by atoms with Gasteiger partial charge in [-0.05, 0) is 6.54 Å². The zero-order valence-electron chi connectivity index (χ0n) is 5.13. The van der Waals surface area contributed by atoms with Crippen LogP contribution in [0.3, 0.4) is 0 Å². The first kappa shape index (κ1) is 5.76. The molecule has 0 N–H and O–H groups in total. The fourth-order valence-corrected chi connectivity index (χ4v) is 0.954. The van der Waals surface area contributed by atoms with Gasteiger partial charge < -0.3 is 9.69 Å². The minimum Gasteiger partial charge on any atom is -0.303 e. The third kappa shape index (κ3) is 0.892. The summed E-state index contributed by atoms with van der Waals surface area (Å²) in [7, 11) is 0. The van der Waals surface area contributed by atoms with E-state index < -0.39 is 0 Å². The van der Waals surface area contributed by atoms with Crippen molar-refractivity contribution in [2.45, 2.75) is 6.92 Å². The zero-order chi connectivity index (χ0) is 5.98. The molecule has 2 heteroatoms. The predicted octanol–water partition coefficient (Wildman–Crippen LogP) is 0.137. The van der Waals surface area contributed by atoms with Crippen LogP contribution in [0.4, 0.5) is 0 Å². The molecular weight excluding hydrogens is 102 g/mol. The Hall–Kier alpha value is -0.370. The Bertz CT molecular complexity index is 86.5. The van der Waals surface area contributed by atoms with Gasteiger partial charge in [-0.2, -0.15) is 0 Å². The summed E-state index contributed by atoms with van der Waals surface area (Å²) in [6.45, 7) is 5.17. The molecule has 0 aromatic heterocycles. The van der Waals surface area contributed by atoms with E-state index in [0.29, 0.717) is 5.92 Å². The zero-order valence-corrected chi connectivity index (χ0v) is 5.13. The standard InChI is InChI=1S/C6H11NO/c1-2-7-3-6(4-7)5-8/h5-6H,2-4H2,1H3. The van der Waals surface area contributed by atoms with Crippen molar-refractivity contribution in [3.8, 4) is 0 Å². The average Bonchev–Trinajstić information content (AvgIpc) is 1.65. The van der Waals surface area contributed by atoms with E-state index in [2.05, 4.69) is 11.8 Å². The molecule has 1 fully saturated rings. The minimum absolute atomic E-state index is 0.343. The first-order valence-electron chi connectivity index (χ1n) is 3.04. The highest BCUT2D eigenvalue weighted by Gasteiger charge is 2.23. The highest BCUT2D eigenvalue weighted by atomic mass is 16.1. The van der Waals surface area contributed by atoms with Crippen LogP contribution in [0.1, 0.15) is 6.92 Å². The van der Waals surface area contributed by atoms with Crippen molar-refractivity contribution in [2.75, 3.05) is 19.6 Å². The number of carbonyl (C=O) groups excluding carboxylic acids is 1. The van der Waals surface area contributed by atoms with Crippen LogP contribution in [0.2, 0.25) is 0 Å². The van der Waals surface area contributed by atoms with Crippen LogP contribution in [-0.4, -0.2) is 30.8 Å². The third-order valence-corrected chi connectivity index (χ3v) is 1.63. The number of nitrogens with zero attached hydrogens (tertiary/aromatic N) is 1. The molecule has 0 aliphatic carbocycles. The first-order chi connectivity index (χ1) is 3.86. The summed E-state index contributed by atoms with van der Waals surface area (Å²) in [6.07, 6.45) is 1.05. The summed E-state index contributed by atoms with van der Waals surface area (Å²) in [5.41, 5.74) is 0. The van der Waals surface area contributed by atoms with Gasteiger partial charge in [-0.3, -0.25) is 0 Å². The second-order valence-corrected chi connectivity index (χ2v) is 2.25. The average molecular weight is 113 g/mol. The highest BCUT2D eigenvalue weighted by molar-refractivity contribution is 5.55. The maximum absolute atomic E-state index is 10.0. The summed E-state index contributed by atoms with van der Waals surface area (Å²) in [6, 6.07) is 0. The number of rotatable bonds is 2. The second-order valence-electron chi connectivity index (χ2n) is 2.25. The highest BCUT2D eigenvalue weighted by Crippen LogP contribution is 2.10. The Balaban J connectivity index is 2.11. The molecule has 0 amide bonds. The molecule has 0 aromatic rings. The number of aldehydes is 1. The minimum atomic E-state index is 0.343. The lowest BCUT2D eigenvalue weighted by atomic mass is 10.0. The lowest BCUT2D eigenvalue weighted by molar-refractivity contribution is -0.115. The van der Waals surface area contributed by atoms with Crippen molar-refractivity contribution in [3.63, 3.8) is 0 Å². The van der Waals surface area contributed by atoms with E-state index in [4.69, 9.17) is 0 Å². The van der Waals surface area contributed by atoms with Crippen LogP contribution in [-0.2, 0) is 4.79 Å². The quantitative estimate of drug-likeness (QED) is 0.475. The van der Waals surface area contributed by atoms with Gasteiger partial charge >= 0.3 is 0 Å². The number of hydrogen-bond donors (Lipinski definition) is 0. The Morgan fingerprint density at radius 2 is 2.38 bits per heavy atom. The van der Waals surface area contributed by atoms with Crippen LogP contribution in [0.15, 0.2) is 0 Å². The monoisotopic (exact) mass is 113 g/mol. The fraction of sp³-hybridized carbons (Fsp3) is 0.833. The summed E-state index contributed by atoms with van der Waals surface area (Å²) in [5, 5.41) is 0. The molecule has 1 saturated heterocycles. The molecule has 1 aliphatic rings. The van der Waals surface area contributed by atoms with Gasteiger partial charge in [0.15, 0.2) is 0 Å². The van der Waals surface area contributed by atoms with Gasteiger partial charge in [0.1, 0.15) is 6.29 Å². The Morgan fingerprint density at radius 3 is 2.75 bits per heavy atom. The lowest BCUT2D eigenvalue weighted by Crippen LogP contribution is -2.46. The first-order valence-corrected chi connectivity index (χ1v) is 3.04. The molecular formula is C6H11NO. The van der Waals surface area contributed by atoms with Crippen LogP contribution in [0.5, 0.6) is 0 Å². The van der Waals surface area contributed by atoms with Gasteiger partial charge in [-0.15, -0.1) is 0 Å². The molecule has 0 aromatic carbocycles. The number of likely N-dealkylation sites (tertiary alicyclic amines) is 1. The normalized spacial score (nSPS) is 22.6. The van der Waals surface area contributed by atoms with E-state index in [1.165, 1.54) is 0 Å². The van der Waals surface area contributed by atoms with Crippen LogP contribution in [0.25, 0.3) is 0 Å². The second kappa shape index (κ2) is 2.27. The largest absolute Gasteiger partial charge is 0.303 e. The molecule has 0 unspecified atom stereocenters. The third-order valence-electron chi connectivity index (χ3n) is 1.63. The van der Waals surface area contributed by atoms with Gasteiger partial charge in [0.25, 0.3) is 0 Å². The topological polar surface area (TPSA) is 20.3 Å². The van der Waals surface area contributed by atoms with E-state index >= 15 is 0 Å². The Morgan fingerprint density at radius 1 is 1.75 bits per heavy atom. The lowest BCUT2D eigenvalue weighted by Gasteiger charge is -2.34. The van der Waals surface area contributed by atoms with E-state index in [-0.39, 0.29) is 0 Å². The van der Waals surface area contributed by atoms with E-state index in [0.717, 1.165) is 25.9 Å². The van der Waals surface area contributed by atoms with Crippen molar-refractivity contribution in [1.29, 1.82) is 0 Å². The van der Waals surface area contributed by atoms with Crippen LogP contribution >= 0.6 is 0 Å². The fourth-order valence-electron chi connectivity index (χ4n) is 0.954. The van der Waals surface area contributed by atoms with E-state index in [1.54, 1.807) is 0 Å². The maximum atomic E-state index is 10.0.